The fourth-order valence-corrected chi connectivity index (χ4v) is 3.50. The van der Waals surface area contributed by atoms with Gasteiger partial charge < -0.3 is 9.64 Å². The molecule has 0 aliphatic carbocycles. The van der Waals surface area contributed by atoms with E-state index in [4.69, 9.17) is 4.74 Å². The van der Waals surface area contributed by atoms with Crippen LogP contribution in [0, 0.1) is 17.6 Å². The van der Waals surface area contributed by atoms with Crippen molar-refractivity contribution in [2.24, 2.45) is 5.92 Å². The van der Waals surface area contributed by atoms with E-state index in [1.54, 1.807) is 0 Å². The molecule has 2 aliphatic rings. The van der Waals surface area contributed by atoms with Gasteiger partial charge in [-0.3, -0.25) is 9.69 Å². The van der Waals surface area contributed by atoms with Crippen molar-refractivity contribution < 1.29 is 18.3 Å². The maximum atomic E-state index is 13.3. The Hall–Kier alpha value is -1.53. The quantitative estimate of drug-likeness (QED) is 0.845. The number of carbonyl (C=O) groups is 1. The SMILES string of the molecule is O=C(CC1CCN(Cc2cc(F)cc(F)c2)CC1)N1CCOCC1. The summed E-state index contributed by atoms with van der Waals surface area (Å²) in [5, 5.41) is 0. The molecule has 0 radical (unpaired) electrons. The van der Waals surface area contributed by atoms with Gasteiger partial charge in [0.25, 0.3) is 0 Å². The number of nitrogens with zero attached hydrogens (tertiary/aromatic N) is 2. The van der Waals surface area contributed by atoms with Gasteiger partial charge in [0.05, 0.1) is 13.2 Å². The largest absolute Gasteiger partial charge is 0.378 e. The zero-order chi connectivity index (χ0) is 16.9. The van der Waals surface area contributed by atoms with Crippen LogP contribution in [0.1, 0.15) is 24.8 Å². The molecule has 2 saturated heterocycles. The van der Waals surface area contributed by atoms with Crippen LogP contribution < -0.4 is 0 Å². The van der Waals surface area contributed by atoms with E-state index < -0.39 is 11.6 Å². The van der Waals surface area contributed by atoms with E-state index >= 15 is 0 Å². The molecule has 2 aliphatic heterocycles. The van der Waals surface area contributed by atoms with Crippen LogP contribution in [0.15, 0.2) is 18.2 Å². The number of morpholine rings is 1. The van der Waals surface area contributed by atoms with E-state index in [2.05, 4.69) is 4.90 Å². The summed E-state index contributed by atoms with van der Waals surface area (Å²) in [6.45, 7) is 4.94. The van der Waals surface area contributed by atoms with Gasteiger partial charge in [0.1, 0.15) is 11.6 Å². The van der Waals surface area contributed by atoms with Crippen molar-refractivity contribution in [3.63, 3.8) is 0 Å². The highest BCUT2D eigenvalue weighted by atomic mass is 19.1. The number of benzene rings is 1. The Kier molecular flexibility index (Phi) is 5.79. The molecule has 0 aromatic heterocycles. The molecule has 0 atom stereocenters. The summed E-state index contributed by atoms with van der Waals surface area (Å²) in [6.07, 6.45) is 2.50. The lowest BCUT2D eigenvalue weighted by Crippen LogP contribution is -2.42. The van der Waals surface area contributed by atoms with E-state index in [0.29, 0.717) is 50.8 Å². The summed E-state index contributed by atoms with van der Waals surface area (Å²) < 4.78 is 31.8. The Morgan fingerprint density at radius 1 is 1.04 bits per heavy atom. The first-order valence-corrected chi connectivity index (χ1v) is 8.63. The van der Waals surface area contributed by atoms with Crippen LogP contribution in [0.3, 0.4) is 0 Å². The molecule has 1 aromatic rings. The first-order valence-electron chi connectivity index (χ1n) is 8.63. The molecule has 0 bridgehead atoms. The summed E-state index contributed by atoms with van der Waals surface area (Å²) >= 11 is 0. The first kappa shape index (κ1) is 17.3. The van der Waals surface area contributed by atoms with Crippen LogP contribution in [0.2, 0.25) is 0 Å². The number of amides is 1. The molecule has 3 rings (SSSR count). The summed E-state index contributed by atoms with van der Waals surface area (Å²) in [5.41, 5.74) is 0.662. The number of carbonyl (C=O) groups excluding carboxylic acids is 1. The lowest BCUT2D eigenvalue weighted by atomic mass is 9.92. The second-order valence-corrected chi connectivity index (χ2v) is 6.69. The third kappa shape index (κ3) is 4.74. The average molecular weight is 338 g/mol. The zero-order valence-corrected chi connectivity index (χ0v) is 13.8. The van der Waals surface area contributed by atoms with E-state index in [1.807, 2.05) is 4.90 Å². The Labute approximate surface area is 141 Å². The second-order valence-electron chi connectivity index (χ2n) is 6.69. The van der Waals surface area contributed by atoms with Gasteiger partial charge in [0.15, 0.2) is 0 Å². The number of halogens is 2. The van der Waals surface area contributed by atoms with Gasteiger partial charge in [-0.25, -0.2) is 8.78 Å². The van der Waals surface area contributed by atoms with Crippen LogP contribution in [0.25, 0.3) is 0 Å². The Morgan fingerprint density at radius 3 is 2.29 bits per heavy atom. The number of hydrogen-bond acceptors (Lipinski definition) is 3. The van der Waals surface area contributed by atoms with Gasteiger partial charge in [0.2, 0.25) is 5.91 Å². The minimum Gasteiger partial charge on any atom is -0.378 e. The predicted molar refractivity (Wildman–Crippen MR) is 86.4 cm³/mol. The highest BCUT2D eigenvalue weighted by Gasteiger charge is 2.25. The summed E-state index contributed by atoms with van der Waals surface area (Å²) in [5.74, 6) is -0.434. The standard InChI is InChI=1S/C18H24F2N2O2/c19-16-9-15(10-17(20)12-16)13-21-3-1-14(2-4-21)11-18(23)22-5-7-24-8-6-22/h9-10,12,14H,1-8,11,13H2. The highest BCUT2D eigenvalue weighted by molar-refractivity contribution is 5.76. The lowest BCUT2D eigenvalue weighted by molar-refractivity contribution is -0.136. The smallest absolute Gasteiger partial charge is 0.223 e. The number of likely N-dealkylation sites (tertiary alicyclic amines) is 1. The summed E-state index contributed by atoms with van der Waals surface area (Å²) in [7, 11) is 0. The van der Waals surface area contributed by atoms with E-state index in [1.165, 1.54) is 12.1 Å². The van der Waals surface area contributed by atoms with E-state index in [9.17, 15) is 13.6 Å². The van der Waals surface area contributed by atoms with Gasteiger partial charge >= 0.3 is 0 Å². The van der Waals surface area contributed by atoms with Crippen molar-refractivity contribution in [3.8, 4) is 0 Å². The molecule has 1 aromatic carbocycles. The molecule has 0 spiro atoms. The first-order chi connectivity index (χ1) is 11.6. The maximum Gasteiger partial charge on any atom is 0.223 e. The van der Waals surface area contributed by atoms with E-state index in [-0.39, 0.29) is 5.91 Å². The monoisotopic (exact) mass is 338 g/mol. The Bertz CT molecular complexity index is 548. The van der Waals surface area contributed by atoms with Crippen molar-refractivity contribution in [2.75, 3.05) is 39.4 Å². The van der Waals surface area contributed by atoms with Crippen molar-refractivity contribution >= 4 is 5.91 Å². The average Bonchev–Trinajstić information content (AvgIpc) is 2.56. The van der Waals surface area contributed by atoms with Crippen molar-refractivity contribution in [2.45, 2.75) is 25.8 Å². The Balaban J connectivity index is 1.44. The molecule has 2 fully saturated rings. The van der Waals surface area contributed by atoms with Crippen LogP contribution in [0.5, 0.6) is 0 Å². The number of piperidine rings is 1. The molecular formula is C18H24F2N2O2. The minimum atomic E-state index is -0.531. The predicted octanol–water partition coefficient (Wildman–Crippen LogP) is 2.43. The van der Waals surface area contributed by atoms with Crippen LogP contribution in [0.4, 0.5) is 8.78 Å². The second kappa shape index (κ2) is 8.03. The number of hydrogen-bond donors (Lipinski definition) is 0. The molecule has 0 unspecified atom stereocenters. The summed E-state index contributed by atoms with van der Waals surface area (Å²) in [4.78, 5) is 16.4. The zero-order valence-electron chi connectivity index (χ0n) is 13.8. The highest BCUT2D eigenvalue weighted by Crippen LogP contribution is 2.23. The van der Waals surface area contributed by atoms with Crippen LogP contribution in [-0.2, 0) is 16.1 Å². The molecule has 132 valence electrons. The maximum absolute atomic E-state index is 13.3. The topological polar surface area (TPSA) is 32.8 Å². The molecule has 2 heterocycles. The van der Waals surface area contributed by atoms with E-state index in [0.717, 1.165) is 32.0 Å². The van der Waals surface area contributed by atoms with Crippen LogP contribution >= 0.6 is 0 Å². The van der Waals surface area contributed by atoms with Gasteiger partial charge in [-0.2, -0.15) is 0 Å². The fourth-order valence-electron chi connectivity index (χ4n) is 3.50. The molecule has 4 nitrogen and oxygen atoms in total. The summed E-state index contributed by atoms with van der Waals surface area (Å²) in [6, 6.07) is 3.67. The fraction of sp³-hybridized carbons (Fsp3) is 0.611. The molecule has 0 N–H and O–H groups in total. The van der Waals surface area contributed by atoms with Crippen molar-refractivity contribution in [1.82, 2.24) is 9.80 Å². The molecular weight excluding hydrogens is 314 g/mol. The molecule has 1 amide bonds. The molecule has 6 heteroatoms. The normalized spacial score (nSPS) is 20.3. The molecule has 24 heavy (non-hydrogen) atoms. The van der Waals surface area contributed by atoms with Gasteiger partial charge in [-0.15, -0.1) is 0 Å². The number of ether oxygens (including phenoxy) is 1. The van der Waals surface area contributed by atoms with Crippen molar-refractivity contribution in [3.05, 3.63) is 35.4 Å². The Morgan fingerprint density at radius 2 is 1.67 bits per heavy atom. The molecule has 0 saturated carbocycles. The van der Waals surface area contributed by atoms with Gasteiger partial charge in [-0.05, 0) is 49.5 Å². The minimum absolute atomic E-state index is 0.226. The van der Waals surface area contributed by atoms with Crippen LogP contribution in [-0.4, -0.2) is 55.1 Å². The van der Waals surface area contributed by atoms with Gasteiger partial charge in [-0.1, -0.05) is 0 Å². The third-order valence-corrected chi connectivity index (χ3v) is 4.86. The van der Waals surface area contributed by atoms with Gasteiger partial charge in [0, 0.05) is 32.1 Å². The lowest BCUT2D eigenvalue weighted by Gasteiger charge is -2.33. The van der Waals surface area contributed by atoms with Crippen molar-refractivity contribution in [1.29, 1.82) is 0 Å². The third-order valence-electron chi connectivity index (χ3n) is 4.86. The number of rotatable bonds is 4.